The number of aldehydes is 1. The molecule has 2 nitrogen and oxygen atoms in total. The Labute approximate surface area is 98.9 Å². The van der Waals surface area contributed by atoms with E-state index in [4.69, 9.17) is 11.6 Å². The van der Waals surface area contributed by atoms with Crippen molar-refractivity contribution in [3.05, 3.63) is 52.8 Å². The van der Waals surface area contributed by atoms with E-state index >= 15 is 0 Å². The van der Waals surface area contributed by atoms with E-state index < -0.39 is 0 Å². The van der Waals surface area contributed by atoms with E-state index in [9.17, 15) is 4.79 Å². The van der Waals surface area contributed by atoms with Crippen LogP contribution in [-0.2, 0) is 0 Å². The maximum atomic E-state index is 11.0. The molecule has 80 valence electrons. The number of nitrogens with zero attached hydrogens (tertiary/aromatic N) is 1. The summed E-state index contributed by atoms with van der Waals surface area (Å²) in [6.07, 6.45) is 4.30. The average molecular weight is 232 g/mol. The molecule has 1 heterocycles. The number of aryl methyl sites for hydroxylation is 1. The van der Waals surface area contributed by atoms with Crippen LogP contribution in [0.1, 0.15) is 15.9 Å². The summed E-state index contributed by atoms with van der Waals surface area (Å²) in [6.45, 7) is 1.99. The van der Waals surface area contributed by atoms with Crippen LogP contribution in [-0.4, -0.2) is 11.3 Å². The zero-order valence-electron chi connectivity index (χ0n) is 8.77. The van der Waals surface area contributed by atoms with Gasteiger partial charge in [-0.3, -0.25) is 9.78 Å². The number of carbonyl (C=O) groups excluding carboxylic acids is 1. The number of hydrogen-bond donors (Lipinski definition) is 0. The lowest BCUT2D eigenvalue weighted by atomic mass is 9.98. The van der Waals surface area contributed by atoms with Crippen molar-refractivity contribution in [3.8, 4) is 11.1 Å². The minimum absolute atomic E-state index is 0.562. The molecule has 16 heavy (non-hydrogen) atoms. The molecule has 0 atom stereocenters. The molecule has 0 fully saturated rings. The summed E-state index contributed by atoms with van der Waals surface area (Å²) >= 11 is 5.85. The van der Waals surface area contributed by atoms with Gasteiger partial charge in [-0.25, -0.2) is 0 Å². The zero-order chi connectivity index (χ0) is 11.5. The molecule has 0 N–H and O–H groups in total. The van der Waals surface area contributed by atoms with E-state index in [0.29, 0.717) is 10.6 Å². The Kier molecular flexibility index (Phi) is 3.02. The molecule has 0 amide bonds. The molecule has 0 unspecified atom stereocenters. The highest BCUT2D eigenvalue weighted by molar-refractivity contribution is 6.31. The Morgan fingerprint density at radius 1 is 1.25 bits per heavy atom. The van der Waals surface area contributed by atoms with Gasteiger partial charge in [-0.1, -0.05) is 17.7 Å². The number of hydrogen-bond acceptors (Lipinski definition) is 2. The molecule has 1 aromatic carbocycles. The third kappa shape index (κ3) is 1.97. The van der Waals surface area contributed by atoms with Crippen LogP contribution in [0.15, 0.2) is 36.7 Å². The van der Waals surface area contributed by atoms with E-state index in [1.165, 1.54) is 0 Å². The Balaban J connectivity index is 2.65. The first-order chi connectivity index (χ1) is 7.72. The second-order valence-corrected chi connectivity index (χ2v) is 3.98. The van der Waals surface area contributed by atoms with Gasteiger partial charge in [0.1, 0.15) is 0 Å². The fourth-order valence-electron chi connectivity index (χ4n) is 1.62. The molecule has 0 aliphatic rings. The third-order valence-corrected chi connectivity index (χ3v) is 2.70. The van der Waals surface area contributed by atoms with Gasteiger partial charge >= 0.3 is 0 Å². The van der Waals surface area contributed by atoms with Crippen molar-refractivity contribution in [1.29, 1.82) is 0 Å². The van der Waals surface area contributed by atoms with Crippen molar-refractivity contribution < 1.29 is 4.79 Å². The molecule has 2 aromatic rings. The number of aromatic nitrogens is 1. The average Bonchev–Trinajstić information content (AvgIpc) is 2.30. The molecule has 0 aliphatic carbocycles. The first kappa shape index (κ1) is 10.8. The Morgan fingerprint density at radius 2 is 2.06 bits per heavy atom. The zero-order valence-corrected chi connectivity index (χ0v) is 9.53. The lowest BCUT2D eigenvalue weighted by Crippen LogP contribution is -1.90. The van der Waals surface area contributed by atoms with Crippen LogP contribution in [0.25, 0.3) is 11.1 Å². The normalized spacial score (nSPS) is 10.1. The molecule has 0 spiro atoms. The summed E-state index contributed by atoms with van der Waals surface area (Å²) in [7, 11) is 0. The molecule has 2 rings (SSSR count). The summed E-state index contributed by atoms with van der Waals surface area (Å²) in [6, 6.07) is 7.20. The summed E-state index contributed by atoms with van der Waals surface area (Å²) in [5.41, 5.74) is 3.50. The predicted octanol–water partition coefficient (Wildman–Crippen LogP) is 3.52. The molecule has 0 radical (unpaired) electrons. The van der Waals surface area contributed by atoms with Crippen LogP contribution in [0.5, 0.6) is 0 Å². The molecule has 0 saturated carbocycles. The predicted molar refractivity (Wildman–Crippen MR) is 64.8 cm³/mol. The first-order valence-electron chi connectivity index (χ1n) is 4.88. The molecular weight excluding hydrogens is 222 g/mol. The Bertz CT molecular complexity index is 537. The number of pyridine rings is 1. The van der Waals surface area contributed by atoms with E-state index in [-0.39, 0.29) is 0 Å². The quantitative estimate of drug-likeness (QED) is 0.741. The lowest BCUT2D eigenvalue weighted by Gasteiger charge is -2.07. The largest absolute Gasteiger partial charge is 0.298 e. The SMILES string of the molecule is Cc1ccncc1-c1ccc(Cl)cc1C=O. The summed E-state index contributed by atoms with van der Waals surface area (Å²) in [5.74, 6) is 0. The highest BCUT2D eigenvalue weighted by atomic mass is 35.5. The van der Waals surface area contributed by atoms with Gasteiger partial charge in [-0.2, -0.15) is 0 Å². The fourth-order valence-corrected chi connectivity index (χ4v) is 1.80. The minimum atomic E-state index is 0.562. The maximum absolute atomic E-state index is 11.0. The van der Waals surface area contributed by atoms with Crippen LogP contribution in [0.4, 0.5) is 0 Å². The lowest BCUT2D eigenvalue weighted by molar-refractivity contribution is 0.112. The topological polar surface area (TPSA) is 30.0 Å². The summed E-state index contributed by atoms with van der Waals surface area (Å²) in [5, 5.41) is 0.562. The van der Waals surface area contributed by atoms with E-state index in [2.05, 4.69) is 4.98 Å². The van der Waals surface area contributed by atoms with E-state index in [1.807, 2.05) is 19.1 Å². The Hall–Kier alpha value is -1.67. The highest BCUT2D eigenvalue weighted by Gasteiger charge is 2.07. The number of rotatable bonds is 2. The molecule has 0 bridgehead atoms. The number of benzene rings is 1. The van der Waals surface area contributed by atoms with Crippen molar-refractivity contribution in [2.75, 3.05) is 0 Å². The van der Waals surface area contributed by atoms with Crippen LogP contribution in [0.3, 0.4) is 0 Å². The van der Waals surface area contributed by atoms with Crippen LogP contribution >= 0.6 is 11.6 Å². The van der Waals surface area contributed by atoms with Crippen molar-refractivity contribution in [2.24, 2.45) is 0 Å². The van der Waals surface area contributed by atoms with Crippen LogP contribution in [0.2, 0.25) is 5.02 Å². The second kappa shape index (κ2) is 4.45. The molecule has 0 aliphatic heterocycles. The van der Waals surface area contributed by atoms with Crippen molar-refractivity contribution in [1.82, 2.24) is 4.98 Å². The smallest absolute Gasteiger partial charge is 0.150 e. The molecule has 3 heteroatoms. The Morgan fingerprint density at radius 3 is 2.75 bits per heavy atom. The van der Waals surface area contributed by atoms with E-state index in [0.717, 1.165) is 23.0 Å². The first-order valence-corrected chi connectivity index (χ1v) is 5.26. The summed E-state index contributed by atoms with van der Waals surface area (Å²) < 4.78 is 0. The van der Waals surface area contributed by atoms with Gasteiger partial charge in [-0.15, -0.1) is 0 Å². The maximum Gasteiger partial charge on any atom is 0.150 e. The number of carbonyl (C=O) groups is 1. The van der Waals surface area contributed by atoms with Crippen molar-refractivity contribution >= 4 is 17.9 Å². The van der Waals surface area contributed by atoms with Gasteiger partial charge in [0.25, 0.3) is 0 Å². The van der Waals surface area contributed by atoms with Gasteiger partial charge in [0.05, 0.1) is 0 Å². The van der Waals surface area contributed by atoms with Gasteiger partial charge in [0.2, 0.25) is 0 Å². The van der Waals surface area contributed by atoms with Gasteiger partial charge in [0, 0.05) is 28.5 Å². The van der Waals surface area contributed by atoms with Crippen LogP contribution < -0.4 is 0 Å². The standard InChI is InChI=1S/C13H10ClNO/c1-9-4-5-15-7-13(9)12-3-2-11(14)6-10(12)8-16/h2-8H,1H3. The van der Waals surface area contributed by atoms with Gasteiger partial charge in [0.15, 0.2) is 6.29 Å². The second-order valence-electron chi connectivity index (χ2n) is 3.54. The monoisotopic (exact) mass is 231 g/mol. The fraction of sp³-hybridized carbons (Fsp3) is 0.0769. The van der Waals surface area contributed by atoms with Crippen molar-refractivity contribution in [3.63, 3.8) is 0 Å². The van der Waals surface area contributed by atoms with Gasteiger partial charge < -0.3 is 0 Å². The molecule has 0 saturated heterocycles. The summed E-state index contributed by atoms with van der Waals surface area (Å²) in [4.78, 5) is 15.1. The minimum Gasteiger partial charge on any atom is -0.298 e. The van der Waals surface area contributed by atoms with Crippen molar-refractivity contribution in [2.45, 2.75) is 6.92 Å². The van der Waals surface area contributed by atoms with E-state index in [1.54, 1.807) is 24.5 Å². The van der Waals surface area contributed by atoms with Crippen LogP contribution in [0, 0.1) is 6.92 Å². The third-order valence-electron chi connectivity index (χ3n) is 2.47. The highest BCUT2D eigenvalue weighted by Crippen LogP contribution is 2.27. The number of halogens is 1. The molecular formula is C13H10ClNO. The van der Waals surface area contributed by atoms with Gasteiger partial charge in [-0.05, 0) is 36.2 Å². The molecule has 1 aromatic heterocycles.